The highest BCUT2D eigenvalue weighted by atomic mass is 35.5. The van der Waals surface area contributed by atoms with Crippen LogP contribution in [0.3, 0.4) is 0 Å². The van der Waals surface area contributed by atoms with Gasteiger partial charge in [0.25, 0.3) is 0 Å². The summed E-state index contributed by atoms with van der Waals surface area (Å²) in [7, 11) is 0. The van der Waals surface area contributed by atoms with E-state index in [1.165, 1.54) is 11.3 Å². The van der Waals surface area contributed by atoms with Crippen LogP contribution in [0.1, 0.15) is 23.3 Å². The number of nitrogens with zero attached hydrogens (tertiary/aromatic N) is 1. The van der Waals surface area contributed by atoms with Gasteiger partial charge in [0.15, 0.2) is 5.13 Å². The predicted octanol–water partition coefficient (Wildman–Crippen LogP) is 3.33. The van der Waals surface area contributed by atoms with Crippen LogP contribution in [0.4, 0.5) is 5.13 Å². The van der Waals surface area contributed by atoms with Crippen LogP contribution in [-0.4, -0.2) is 24.0 Å². The number of carbonyl (C=O) groups excluding carboxylic acids is 1. The number of anilines is 1. The summed E-state index contributed by atoms with van der Waals surface area (Å²) in [6, 6.07) is 7.79. The predicted molar refractivity (Wildman–Crippen MR) is 90.6 cm³/mol. The molecule has 1 fully saturated rings. The van der Waals surface area contributed by atoms with Gasteiger partial charge in [-0.25, -0.2) is 4.98 Å². The molecule has 0 radical (unpaired) electrons. The van der Waals surface area contributed by atoms with Crippen LogP contribution in [0.15, 0.2) is 30.5 Å². The van der Waals surface area contributed by atoms with E-state index in [1.54, 1.807) is 0 Å². The number of piperidine rings is 1. The number of amides is 1. The summed E-state index contributed by atoms with van der Waals surface area (Å²) in [5, 5.41) is 7.64. The zero-order valence-corrected chi connectivity index (χ0v) is 13.7. The van der Waals surface area contributed by atoms with Crippen molar-refractivity contribution < 1.29 is 4.79 Å². The Bertz CT molecular complexity index is 652. The average Bonchev–Trinajstić information content (AvgIpc) is 2.97. The first-order valence-corrected chi connectivity index (χ1v) is 8.61. The summed E-state index contributed by atoms with van der Waals surface area (Å²) in [5.74, 6) is 0.178. The SMILES string of the molecule is O=C(Nc1ncc(Cc2ccccc2Cl)s1)C1CCNCC1. The molecule has 116 valence electrons. The summed E-state index contributed by atoms with van der Waals surface area (Å²) in [6.45, 7) is 1.82. The van der Waals surface area contributed by atoms with Crippen LogP contribution in [0.2, 0.25) is 5.02 Å². The van der Waals surface area contributed by atoms with Gasteiger partial charge in [0.05, 0.1) is 0 Å². The summed E-state index contributed by atoms with van der Waals surface area (Å²) < 4.78 is 0. The van der Waals surface area contributed by atoms with Crippen molar-refractivity contribution in [2.45, 2.75) is 19.3 Å². The van der Waals surface area contributed by atoms with Gasteiger partial charge in [0.2, 0.25) is 5.91 Å². The van der Waals surface area contributed by atoms with Crippen LogP contribution < -0.4 is 10.6 Å². The second kappa shape index (κ2) is 7.22. The third-order valence-corrected chi connectivity index (χ3v) is 5.10. The fourth-order valence-corrected chi connectivity index (χ4v) is 3.61. The van der Waals surface area contributed by atoms with Crippen LogP contribution in [0, 0.1) is 5.92 Å². The molecular weight excluding hydrogens is 318 g/mol. The van der Waals surface area contributed by atoms with E-state index in [0.717, 1.165) is 47.8 Å². The number of carbonyl (C=O) groups is 1. The molecule has 2 aromatic rings. The maximum absolute atomic E-state index is 12.2. The minimum absolute atomic E-state index is 0.0835. The third-order valence-electron chi connectivity index (χ3n) is 3.82. The average molecular weight is 336 g/mol. The van der Waals surface area contributed by atoms with Crippen LogP contribution in [-0.2, 0) is 11.2 Å². The van der Waals surface area contributed by atoms with Gasteiger partial charge in [0, 0.05) is 28.4 Å². The number of nitrogens with one attached hydrogen (secondary N) is 2. The third kappa shape index (κ3) is 3.85. The molecule has 1 saturated heterocycles. The highest BCUT2D eigenvalue weighted by Crippen LogP contribution is 2.25. The molecule has 1 aliphatic rings. The van der Waals surface area contributed by atoms with Crippen molar-refractivity contribution in [2.75, 3.05) is 18.4 Å². The lowest BCUT2D eigenvalue weighted by atomic mass is 9.97. The first-order chi connectivity index (χ1) is 10.7. The van der Waals surface area contributed by atoms with E-state index in [4.69, 9.17) is 11.6 Å². The summed E-state index contributed by atoms with van der Waals surface area (Å²) in [5.41, 5.74) is 1.07. The van der Waals surface area contributed by atoms with E-state index in [0.29, 0.717) is 5.13 Å². The number of hydrogen-bond acceptors (Lipinski definition) is 4. The molecule has 4 nitrogen and oxygen atoms in total. The topological polar surface area (TPSA) is 54.0 Å². The van der Waals surface area contributed by atoms with E-state index in [9.17, 15) is 4.79 Å². The van der Waals surface area contributed by atoms with Crippen molar-refractivity contribution in [1.29, 1.82) is 0 Å². The Morgan fingerprint density at radius 2 is 2.14 bits per heavy atom. The Labute approximate surface area is 138 Å². The van der Waals surface area contributed by atoms with Gasteiger partial charge in [-0.1, -0.05) is 29.8 Å². The lowest BCUT2D eigenvalue weighted by Crippen LogP contribution is -2.34. The molecule has 0 saturated carbocycles. The molecule has 1 aliphatic heterocycles. The molecule has 0 unspecified atom stereocenters. The van der Waals surface area contributed by atoms with Crippen molar-refractivity contribution in [1.82, 2.24) is 10.3 Å². The smallest absolute Gasteiger partial charge is 0.229 e. The molecule has 0 atom stereocenters. The second-order valence-corrected chi connectivity index (χ2v) is 6.94. The molecule has 0 spiro atoms. The highest BCUT2D eigenvalue weighted by molar-refractivity contribution is 7.15. The standard InChI is InChI=1S/C16H18ClN3OS/c17-14-4-2-1-3-12(14)9-13-10-19-16(22-13)20-15(21)11-5-7-18-8-6-11/h1-4,10-11,18H,5-9H2,(H,19,20,21). The summed E-state index contributed by atoms with van der Waals surface area (Å²) in [4.78, 5) is 17.6. The fourth-order valence-electron chi connectivity index (χ4n) is 2.57. The quantitative estimate of drug-likeness (QED) is 0.901. The molecule has 0 bridgehead atoms. The van der Waals surface area contributed by atoms with Crippen molar-refractivity contribution in [3.05, 3.63) is 45.9 Å². The summed E-state index contributed by atoms with van der Waals surface area (Å²) in [6.07, 6.45) is 4.33. The molecule has 6 heteroatoms. The Balaban J connectivity index is 1.61. The van der Waals surface area contributed by atoms with Gasteiger partial charge in [-0.2, -0.15) is 0 Å². The first kappa shape index (κ1) is 15.5. The van der Waals surface area contributed by atoms with E-state index in [-0.39, 0.29) is 11.8 Å². The van der Waals surface area contributed by atoms with Crippen LogP contribution in [0.5, 0.6) is 0 Å². The Morgan fingerprint density at radius 3 is 2.91 bits per heavy atom. The number of hydrogen-bond donors (Lipinski definition) is 2. The van der Waals surface area contributed by atoms with Crippen molar-refractivity contribution >= 4 is 34.0 Å². The molecule has 1 aromatic heterocycles. The summed E-state index contributed by atoms with van der Waals surface area (Å²) >= 11 is 7.69. The minimum Gasteiger partial charge on any atom is -0.317 e. The van der Waals surface area contributed by atoms with Crippen molar-refractivity contribution in [3.8, 4) is 0 Å². The van der Waals surface area contributed by atoms with Gasteiger partial charge >= 0.3 is 0 Å². The van der Waals surface area contributed by atoms with Crippen LogP contribution >= 0.6 is 22.9 Å². The molecule has 2 N–H and O–H groups in total. The van der Waals surface area contributed by atoms with Gasteiger partial charge in [-0.15, -0.1) is 11.3 Å². The van der Waals surface area contributed by atoms with E-state index in [2.05, 4.69) is 15.6 Å². The number of thiazole rings is 1. The van der Waals surface area contributed by atoms with E-state index < -0.39 is 0 Å². The van der Waals surface area contributed by atoms with E-state index >= 15 is 0 Å². The van der Waals surface area contributed by atoms with Crippen molar-refractivity contribution in [2.24, 2.45) is 5.92 Å². The molecule has 1 amide bonds. The zero-order chi connectivity index (χ0) is 15.4. The molecule has 3 rings (SSSR count). The monoisotopic (exact) mass is 335 g/mol. The van der Waals surface area contributed by atoms with Crippen LogP contribution in [0.25, 0.3) is 0 Å². The maximum atomic E-state index is 12.2. The number of benzene rings is 1. The van der Waals surface area contributed by atoms with Gasteiger partial charge in [-0.3, -0.25) is 4.79 Å². The Hall–Kier alpha value is -1.43. The molecule has 0 aliphatic carbocycles. The lowest BCUT2D eigenvalue weighted by molar-refractivity contribution is -0.120. The van der Waals surface area contributed by atoms with Gasteiger partial charge in [0.1, 0.15) is 0 Å². The largest absolute Gasteiger partial charge is 0.317 e. The molecule has 22 heavy (non-hydrogen) atoms. The van der Waals surface area contributed by atoms with Gasteiger partial charge in [-0.05, 0) is 37.6 Å². The zero-order valence-electron chi connectivity index (χ0n) is 12.1. The van der Waals surface area contributed by atoms with Gasteiger partial charge < -0.3 is 10.6 Å². The Kier molecular flexibility index (Phi) is 5.08. The minimum atomic E-state index is 0.0835. The fraction of sp³-hybridized carbons (Fsp3) is 0.375. The number of halogens is 1. The number of rotatable bonds is 4. The highest BCUT2D eigenvalue weighted by Gasteiger charge is 2.21. The molecular formula is C16H18ClN3OS. The first-order valence-electron chi connectivity index (χ1n) is 7.42. The lowest BCUT2D eigenvalue weighted by Gasteiger charge is -2.20. The van der Waals surface area contributed by atoms with Crippen molar-refractivity contribution in [3.63, 3.8) is 0 Å². The second-order valence-electron chi connectivity index (χ2n) is 5.41. The molecule has 1 aromatic carbocycles. The molecule has 2 heterocycles. The maximum Gasteiger partial charge on any atom is 0.229 e. The Morgan fingerprint density at radius 1 is 1.36 bits per heavy atom. The number of aromatic nitrogens is 1. The van der Waals surface area contributed by atoms with E-state index in [1.807, 2.05) is 30.5 Å². The normalized spacial score (nSPS) is 15.7.